The van der Waals surface area contributed by atoms with E-state index in [9.17, 15) is 5.26 Å². The molecule has 1 aromatic carbocycles. The summed E-state index contributed by atoms with van der Waals surface area (Å²) in [6.45, 7) is 2.80. The quantitative estimate of drug-likeness (QED) is 0.936. The maximum absolute atomic E-state index is 9.58. The molecular weight excluding hydrogens is 292 g/mol. The van der Waals surface area contributed by atoms with E-state index in [1.54, 1.807) is 13.3 Å². The van der Waals surface area contributed by atoms with Crippen molar-refractivity contribution in [2.75, 3.05) is 43.6 Å². The number of nitriles is 1. The van der Waals surface area contributed by atoms with Gasteiger partial charge in [0.15, 0.2) is 0 Å². The lowest BCUT2D eigenvalue weighted by molar-refractivity contribution is 0.122. The Bertz CT molecular complexity index is 704. The Morgan fingerprint density at radius 1 is 1.22 bits per heavy atom. The van der Waals surface area contributed by atoms with E-state index < -0.39 is 0 Å². The molecule has 23 heavy (non-hydrogen) atoms. The molecule has 6 nitrogen and oxygen atoms in total. The van der Waals surface area contributed by atoms with Gasteiger partial charge in [0.1, 0.15) is 23.2 Å². The van der Waals surface area contributed by atoms with Crippen LogP contribution in [-0.4, -0.2) is 38.4 Å². The minimum atomic E-state index is 0.546. The van der Waals surface area contributed by atoms with Crippen molar-refractivity contribution in [1.29, 1.82) is 5.26 Å². The number of ether oxygens (including phenoxy) is 2. The molecule has 1 saturated heterocycles. The number of anilines is 3. The normalized spacial score (nSPS) is 14.2. The number of aromatic nitrogens is 1. The van der Waals surface area contributed by atoms with Crippen LogP contribution >= 0.6 is 0 Å². The van der Waals surface area contributed by atoms with Gasteiger partial charge in [-0.1, -0.05) is 0 Å². The summed E-state index contributed by atoms with van der Waals surface area (Å²) >= 11 is 0. The summed E-state index contributed by atoms with van der Waals surface area (Å²) < 4.78 is 10.5. The highest BCUT2D eigenvalue weighted by molar-refractivity contribution is 5.73. The van der Waals surface area contributed by atoms with Gasteiger partial charge in [0.05, 0.1) is 26.0 Å². The molecule has 1 aromatic heterocycles. The standard InChI is InChI=1S/C17H18N4O2/c1-22-14-4-2-13(3-5-14)20-16-6-7-19-17(15(16)12-18)21-8-10-23-11-9-21/h2-7H,8-11H2,1H3,(H,19,20). The average Bonchev–Trinajstić information content (AvgIpc) is 2.63. The van der Waals surface area contributed by atoms with Gasteiger partial charge in [-0.05, 0) is 30.3 Å². The second-order valence-electron chi connectivity index (χ2n) is 5.12. The number of morpholine rings is 1. The SMILES string of the molecule is COc1ccc(Nc2ccnc(N3CCOCC3)c2C#N)cc1. The first kappa shape index (κ1) is 15.1. The van der Waals surface area contributed by atoms with Gasteiger partial charge in [0.2, 0.25) is 0 Å². The van der Waals surface area contributed by atoms with Crippen molar-refractivity contribution < 1.29 is 9.47 Å². The highest BCUT2D eigenvalue weighted by Crippen LogP contribution is 2.28. The van der Waals surface area contributed by atoms with Crippen LogP contribution in [0.2, 0.25) is 0 Å². The van der Waals surface area contributed by atoms with Crippen LogP contribution in [0.1, 0.15) is 5.56 Å². The maximum atomic E-state index is 9.58. The number of nitrogens with one attached hydrogen (secondary N) is 1. The number of hydrogen-bond donors (Lipinski definition) is 1. The van der Waals surface area contributed by atoms with Crippen molar-refractivity contribution in [3.8, 4) is 11.8 Å². The molecule has 0 bridgehead atoms. The third-order valence-corrected chi connectivity index (χ3v) is 3.72. The summed E-state index contributed by atoms with van der Waals surface area (Å²) in [5, 5.41) is 12.9. The predicted octanol–water partition coefficient (Wildman–Crippen LogP) is 2.54. The molecule has 1 fully saturated rings. The molecule has 0 spiro atoms. The van der Waals surface area contributed by atoms with Crippen LogP contribution in [0.15, 0.2) is 36.5 Å². The van der Waals surface area contributed by atoms with Gasteiger partial charge in [-0.3, -0.25) is 0 Å². The van der Waals surface area contributed by atoms with Crippen molar-refractivity contribution >= 4 is 17.2 Å². The Kier molecular flexibility index (Phi) is 4.60. The molecule has 1 aliphatic rings. The number of rotatable bonds is 4. The third kappa shape index (κ3) is 3.35. The predicted molar refractivity (Wildman–Crippen MR) is 88.3 cm³/mol. The first-order chi connectivity index (χ1) is 11.3. The zero-order valence-electron chi connectivity index (χ0n) is 13.0. The lowest BCUT2D eigenvalue weighted by Crippen LogP contribution is -2.37. The molecule has 0 radical (unpaired) electrons. The smallest absolute Gasteiger partial charge is 0.148 e. The number of pyridine rings is 1. The molecule has 0 saturated carbocycles. The summed E-state index contributed by atoms with van der Waals surface area (Å²) in [6.07, 6.45) is 1.72. The second kappa shape index (κ2) is 6.99. The van der Waals surface area contributed by atoms with E-state index in [-0.39, 0.29) is 0 Å². The number of benzene rings is 1. The van der Waals surface area contributed by atoms with Crippen LogP contribution in [0.3, 0.4) is 0 Å². The third-order valence-electron chi connectivity index (χ3n) is 3.72. The van der Waals surface area contributed by atoms with E-state index in [0.717, 1.165) is 30.2 Å². The Morgan fingerprint density at radius 3 is 2.61 bits per heavy atom. The summed E-state index contributed by atoms with van der Waals surface area (Å²) in [4.78, 5) is 6.48. The van der Waals surface area contributed by atoms with Gasteiger partial charge in [-0.15, -0.1) is 0 Å². The zero-order chi connectivity index (χ0) is 16.1. The lowest BCUT2D eigenvalue weighted by Gasteiger charge is -2.28. The molecule has 0 amide bonds. The van der Waals surface area contributed by atoms with Gasteiger partial charge < -0.3 is 19.7 Å². The molecule has 1 aliphatic heterocycles. The van der Waals surface area contributed by atoms with E-state index in [4.69, 9.17) is 9.47 Å². The lowest BCUT2D eigenvalue weighted by atomic mass is 10.2. The average molecular weight is 310 g/mol. The topological polar surface area (TPSA) is 70.4 Å². The van der Waals surface area contributed by atoms with Crippen molar-refractivity contribution in [3.63, 3.8) is 0 Å². The Morgan fingerprint density at radius 2 is 1.96 bits per heavy atom. The fraction of sp³-hybridized carbons (Fsp3) is 0.294. The van der Waals surface area contributed by atoms with Gasteiger partial charge >= 0.3 is 0 Å². The molecule has 0 unspecified atom stereocenters. The Labute approximate surface area is 135 Å². The van der Waals surface area contributed by atoms with Crippen LogP contribution in [0.25, 0.3) is 0 Å². The van der Waals surface area contributed by atoms with Crippen molar-refractivity contribution in [2.24, 2.45) is 0 Å². The van der Waals surface area contributed by atoms with Crippen LogP contribution in [0.5, 0.6) is 5.75 Å². The Hall–Kier alpha value is -2.78. The van der Waals surface area contributed by atoms with Gasteiger partial charge in [0, 0.05) is 25.0 Å². The molecule has 2 heterocycles. The van der Waals surface area contributed by atoms with Crippen molar-refractivity contribution in [3.05, 3.63) is 42.1 Å². The summed E-state index contributed by atoms with van der Waals surface area (Å²) in [5.74, 6) is 1.49. The number of nitrogens with zero attached hydrogens (tertiary/aromatic N) is 3. The van der Waals surface area contributed by atoms with E-state index in [2.05, 4.69) is 21.3 Å². The van der Waals surface area contributed by atoms with Crippen LogP contribution < -0.4 is 15.0 Å². The molecule has 6 heteroatoms. The molecule has 118 valence electrons. The minimum absolute atomic E-state index is 0.546. The van der Waals surface area contributed by atoms with Crippen LogP contribution in [-0.2, 0) is 4.74 Å². The summed E-state index contributed by atoms with van der Waals surface area (Å²) in [5.41, 5.74) is 2.18. The van der Waals surface area contributed by atoms with Gasteiger partial charge in [-0.25, -0.2) is 4.98 Å². The van der Waals surface area contributed by atoms with Crippen molar-refractivity contribution in [1.82, 2.24) is 4.98 Å². The molecule has 2 aromatic rings. The van der Waals surface area contributed by atoms with Crippen LogP contribution in [0.4, 0.5) is 17.2 Å². The molecule has 3 rings (SSSR count). The second-order valence-corrected chi connectivity index (χ2v) is 5.12. The van der Waals surface area contributed by atoms with Gasteiger partial charge in [-0.2, -0.15) is 5.26 Å². The number of methoxy groups -OCH3 is 1. The van der Waals surface area contributed by atoms with E-state index in [0.29, 0.717) is 24.6 Å². The zero-order valence-corrected chi connectivity index (χ0v) is 13.0. The largest absolute Gasteiger partial charge is 0.497 e. The first-order valence-corrected chi connectivity index (χ1v) is 7.44. The summed E-state index contributed by atoms with van der Waals surface area (Å²) in [6, 6.07) is 11.7. The van der Waals surface area contributed by atoms with Crippen LogP contribution in [0, 0.1) is 11.3 Å². The van der Waals surface area contributed by atoms with E-state index >= 15 is 0 Å². The summed E-state index contributed by atoms with van der Waals surface area (Å²) in [7, 11) is 1.63. The maximum Gasteiger partial charge on any atom is 0.148 e. The van der Waals surface area contributed by atoms with Gasteiger partial charge in [0.25, 0.3) is 0 Å². The monoisotopic (exact) mass is 310 g/mol. The fourth-order valence-electron chi connectivity index (χ4n) is 2.51. The highest BCUT2D eigenvalue weighted by atomic mass is 16.5. The van der Waals surface area contributed by atoms with Crippen molar-refractivity contribution in [2.45, 2.75) is 0 Å². The first-order valence-electron chi connectivity index (χ1n) is 7.44. The minimum Gasteiger partial charge on any atom is -0.497 e. The van der Waals surface area contributed by atoms with E-state index in [1.807, 2.05) is 30.3 Å². The molecule has 0 aliphatic carbocycles. The molecule has 1 N–H and O–H groups in total. The molecule has 0 atom stereocenters. The highest BCUT2D eigenvalue weighted by Gasteiger charge is 2.18. The van der Waals surface area contributed by atoms with E-state index in [1.165, 1.54) is 0 Å². The number of hydrogen-bond acceptors (Lipinski definition) is 6. The Balaban J connectivity index is 1.88. The molecular formula is C17H18N4O2. The fourth-order valence-corrected chi connectivity index (χ4v) is 2.51.